The van der Waals surface area contributed by atoms with Gasteiger partial charge in [-0.3, -0.25) is 4.79 Å². The molecule has 1 nitrogen and oxygen atoms in total. The maximum atomic E-state index is 13.4. The van der Waals surface area contributed by atoms with Gasteiger partial charge in [-0.25, -0.2) is 0 Å². The van der Waals surface area contributed by atoms with Crippen LogP contribution in [0.15, 0.2) is 46.9 Å². The number of allylic oxidation sites excluding steroid dienone is 2. The molecule has 0 spiro atoms. The molecule has 0 bridgehead atoms. The Morgan fingerprint density at radius 1 is 1.09 bits per heavy atom. The van der Waals surface area contributed by atoms with Gasteiger partial charge in [0.15, 0.2) is 5.78 Å². The first-order chi connectivity index (χ1) is 16.7. The van der Waals surface area contributed by atoms with Crippen molar-refractivity contribution >= 4 is 38.9 Å². The molecular weight excluding hydrogens is 516 g/mol. The molecule has 1 aliphatic rings. The van der Waals surface area contributed by atoms with Crippen molar-refractivity contribution in [3.63, 3.8) is 0 Å². The van der Waals surface area contributed by atoms with Crippen LogP contribution < -0.4 is 0 Å². The first-order valence-corrected chi connectivity index (χ1v) is 14.7. The van der Waals surface area contributed by atoms with Crippen molar-refractivity contribution in [1.82, 2.24) is 0 Å². The molecule has 35 heavy (non-hydrogen) atoms. The number of ketones is 1. The number of rotatable bonds is 7. The third-order valence-electron chi connectivity index (χ3n) is 6.73. The highest BCUT2D eigenvalue weighted by Gasteiger charge is 2.28. The number of carbonyl (C=O) groups excluding carboxylic acids is 1. The topological polar surface area (TPSA) is 17.1 Å². The van der Waals surface area contributed by atoms with E-state index in [-0.39, 0.29) is 11.7 Å². The molecule has 3 heteroatoms. The molecule has 2 unspecified atom stereocenters. The standard InChI is InChI=1S/C23H24BrClO.C7H16.C2H6/c1-4-20(21-10-8-18(24)13-22(21)14(2)3)23(26)16-6-5-15-7-9-19(25)12-17(15)11-16;1-4-6-7(3)5-2;1-2/h4,7-10,12-14,16H,5-6,11H2,1-3H3;7H,4-6H2,1-3H3;1-2H3/b20-4+;;. The van der Waals surface area contributed by atoms with Crippen molar-refractivity contribution < 1.29 is 4.79 Å². The second-order valence-corrected chi connectivity index (χ2v) is 11.0. The summed E-state index contributed by atoms with van der Waals surface area (Å²) in [5.41, 5.74) is 5.66. The highest BCUT2D eigenvalue weighted by atomic mass is 79.9. The summed E-state index contributed by atoms with van der Waals surface area (Å²) in [6.07, 6.45) is 8.68. The number of halogens is 2. The molecule has 2 atom stereocenters. The van der Waals surface area contributed by atoms with Crippen LogP contribution in [0.4, 0.5) is 0 Å². The fraction of sp³-hybridized carbons (Fsp3) is 0.531. The first kappa shape index (κ1) is 31.6. The first-order valence-electron chi connectivity index (χ1n) is 13.5. The minimum atomic E-state index is 0.0239. The van der Waals surface area contributed by atoms with E-state index in [0.29, 0.717) is 5.92 Å². The summed E-state index contributed by atoms with van der Waals surface area (Å²) in [4.78, 5) is 13.4. The fourth-order valence-corrected chi connectivity index (χ4v) is 5.13. The molecule has 0 fully saturated rings. The number of hydrogen-bond donors (Lipinski definition) is 0. The Balaban J connectivity index is 0.000000587. The lowest BCUT2D eigenvalue weighted by molar-refractivity contribution is -0.117. The lowest BCUT2D eigenvalue weighted by atomic mass is 9.78. The Bertz CT molecular complexity index is 960. The van der Waals surface area contributed by atoms with E-state index in [1.165, 1.54) is 36.0 Å². The molecule has 0 aromatic heterocycles. The summed E-state index contributed by atoms with van der Waals surface area (Å²) in [6.45, 7) is 17.1. The van der Waals surface area contributed by atoms with Crippen LogP contribution >= 0.6 is 27.5 Å². The lowest BCUT2D eigenvalue weighted by Crippen LogP contribution is -2.24. The Labute approximate surface area is 228 Å². The van der Waals surface area contributed by atoms with Crippen molar-refractivity contribution in [2.24, 2.45) is 11.8 Å². The SMILES string of the molecule is C/C=C(/C(=O)C1CCc2ccc(Cl)cc2C1)c1ccc(Br)cc1C(C)C.CC.CCCC(C)CC. The number of carbonyl (C=O) groups is 1. The third-order valence-corrected chi connectivity index (χ3v) is 7.45. The highest BCUT2D eigenvalue weighted by molar-refractivity contribution is 9.10. The maximum absolute atomic E-state index is 13.4. The largest absolute Gasteiger partial charge is 0.294 e. The molecule has 0 heterocycles. The van der Waals surface area contributed by atoms with E-state index >= 15 is 0 Å². The van der Waals surface area contributed by atoms with Gasteiger partial charge in [-0.15, -0.1) is 0 Å². The Morgan fingerprint density at radius 3 is 2.31 bits per heavy atom. The van der Waals surface area contributed by atoms with Gasteiger partial charge in [-0.1, -0.05) is 113 Å². The summed E-state index contributed by atoms with van der Waals surface area (Å²) in [7, 11) is 0. The predicted octanol–water partition coefficient (Wildman–Crippen LogP) is 10.9. The zero-order valence-electron chi connectivity index (χ0n) is 23.2. The molecule has 0 amide bonds. The molecular formula is C32H46BrClO. The van der Waals surface area contributed by atoms with E-state index in [9.17, 15) is 4.79 Å². The highest BCUT2D eigenvalue weighted by Crippen LogP contribution is 2.35. The molecule has 0 saturated carbocycles. The molecule has 2 aromatic carbocycles. The van der Waals surface area contributed by atoms with E-state index in [4.69, 9.17) is 11.6 Å². The van der Waals surface area contributed by atoms with Crippen LogP contribution in [0, 0.1) is 11.8 Å². The smallest absolute Gasteiger partial charge is 0.166 e. The van der Waals surface area contributed by atoms with Gasteiger partial charge < -0.3 is 0 Å². The van der Waals surface area contributed by atoms with Gasteiger partial charge in [0.05, 0.1) is 0 Å². The van der Waals surface area contributed by atoms with Gasteiger partial charge in [0.1, 0.15) is 0 Å². The molecule has 0 saturated heterocycles. The van der Waals surface area contributed by atoms with E-state index < -0.39 is 0 Å². The Morgan fingerprint density at radius 2 is 1.77 bits per heavy atom. The van der Waals surface area contributed by atoms with Gasteiger partial charge in [0.2, 0.25) is 0 Å². The van der Waals surface area contributed by atoms with Crippen molar-refractivity contribution in [3.8, 4) is 0 Å². The maximum Gasteiger partial charge on any atom is 0.166 e. The van der Waals surface area contributed by atoms with E-state index in [1.807, 2.05) is 45.0 Å². The van der Waals surface area contributed by atoms with Crippen molar-refractivity contribution in [2.45, 2.75) is 99.8 Å². The molecule has 2 aromatic rings. The normalized spacial score (nSPS) is 15.9. The van der Waals surface area contributed by atoms with Gasteiger partial charge in [0, 0.05) is 21.0 Å². The molecule has 194 valence electrons. The summed E-state index contributed by atoms with van der Waals surface area (Å²) in [6, 6.07) is 12.3. The van der Waals surface area contributed by atoms with E-state index in [1.54, 1.807) is 0 Å². The Kier molecular flexibility index (Phi) is 14.8. The second-order valence-electron chi connectivity index (χ2n) is 9.61. The average Bonchev–Trinajstić information content (AvgIpc) is 2.86. The van der Waals surface area contributed by atoms with Crippen LogP contribution in [-0.2, 0) is 17.6 Å². The lowest BCUT2D eigenvalue weighted by Gasteiger charge is -2.25. The Hall–Kier alpha value is -1.38. The molecule has 0 N–H and O–H groups in total. The number of hydrogen-bond acceptors (Lipinski definition) is 1. The van der Waals surface area contributed by atoms with Crippen molar-refractivity contribution in [3.05, 3.63) is 74.2 Å². The number of aryl methyl sites for hydroxylation is 1. The van der Waals surface area contributed by atoms with Crippen LogP contribution in [0.25, 0.3) is 5.57 Å². The second kappa shape index (κ2) is 16.4. The van der Waals surface area contributed by atoms with Crippen molar-refractivity contribution in [1.29, 1.82) is 0 Å². The predicted molar refractivity (Wildman–Crippen MR) is 160 cm³/mol. The van der Waals surface area contributed by atoms with Gasteiger partial charge in [-0.2, -0.15) is 0 Å². The summed E-state index contributed by atoms with van der Waals surface area (Å²) < 4.78 is 1.05. The average molecular weight is 562 g/mol. The van der Waals surface area contributed by atoms with Gasteiger partial charge >= 0.3 is 0 Å². The molecule has 1 aliphatic carbocycles. The number of Topliss-reactive ketones (excluding diaryl/α,β-unsaturated/α-hetero) is 1. The zero-order valence-corrected chi connectivity index (χ0v) is 25.5. The molecule has 0 radical (unpaired) electrons. The van der Waals surface area contributed by atoms with Gasteiger partial charge in [0.25, 0.3) is 0 Å². The number of benzene rings is 2. The van der Waals surface area contributed by atoms with E-state index in [0.717, 1.165) is 45.8 Å². The third kappa shape index (κ3) is 9.54. The summed E-state index contributed by atoms with van der Waals surface area (Å²) >= 11 is 9.72. The quantitative estimate of drug-likeness (QED) is 0.307. The zero-order chi connectivity index (χ0) is 26.5. The number of fused-ring (bicyclic) bond motifs is 1. The van der Waals surface area contributed by atoms with Crippen LogP contribution in [0.5, 0.6) is 0 Å². The van der Waals surface area contributed by atoms with Crippen molar-refractivity contribution in [2.75, 3.05) is 0 Å². The minimum Gasteiger partial charge on any atom is -0.294 e. The summed E-state index contributed by atoms with van der Waals surface area (Å²) in [5, 5.41) is 0.748. The fourth-order valence-electron chi connectivity index (χ4n) is 4.55. The van der Waals surface area contributed by atoms with Crippen LogP contribution in [0.2, 0.25) is 5.02 Å². The van der Waals surface area contributed by atoms with Crippen LogP contribution in [0.3, 0.4) is 0 Å². The molecule has 0 aliphatic heterocycles. The van der Waals surface area contributed by atoms with Gasteiger partial charge in [-0.05, 0) is 84.5 Å². The summed E-state index contributed by atoms with van der Waals surface area (Å²) in [5.74, 6) is 1.58. The van der Waals surface area contributed by atoms with Crippen LogP contribution in [-0.4, -0.2) is 5.78 Å². The minimum absolute atomic E-state index is 0.0239. The van der Waals surface area contributed by atoms with Crippen LogP contribution in [0.1, 0.15) is 109 Å². The molecule has 3 rings (SSSR count). The monoisotopic (exact) mass is 560 g/mol. The van der Waals surface area contributed by atoms with E-state index in [2.05, 4.69) is 68.7 Å².